The lowest BCUT2D eigenvalue weighted by molar-refractivity contribution is -0.159. The molecule has 0 aliphatic heterocycles. The van der Waals surface area contributed by atoms with E-state index in [1.165, 1.54) is 0 Å². The molecule has 16 heavy (non-hydrogen) atoms. The van der Waals surface area contributed by atoms with Crippen molar-refractivity contribution in [1.82, 2.24) is 4.90 Å². The summed E-state index contributed by atoms with van der Waals surface area (Å²) in [4.78, 5) is 11.5. The number of carboxylic acids is 1. The van der Waals surface area contributed by atoms with E-state index in [0.717, 1.165) is 11.3 Å². The van der Waals surface area contributed by atoms with Crippen molar-refractivity contribution in [3.05, 3.63) is 0 Å². The third-order valence-electron chi connectivity index (χ3n) is 2.76. The molecule has 0 saturated carbocycles. The van der Waals surface area contributed by atoms with Crippen molar-refractivity contribution >= 4 is 5.97 Å². The molecule has 0 saturated heterocycles. The minimum absolute atomic E-state index is 0.0294. The monoisotopic (exact) mass is 241 g/mol. The number of alkyl halides is 3. The van der Waals surface area contributed by atoms with E-state index in [4.69, 9.17) is 5.11 Å². The number of hydrogen-bond donors (Lipinski definition) is 1. The molecule has 3 nitrogen and oxygen atoms in total. The number of aliphatic carboxylic acids is 1. The maximum Gasteiger partial charge on any atom is 0.401 e. The van der Waals surface area contributed by atoms with Gasteiger partial charge in [0.25, 0.3) is 0 Å². The molecule has 0 aromatic rings. The van der Waals surface area contributed by atoms with Crippen molar-refractivity contribution in [2.24, 2.45) is 5.92 Å². The first-order valence-electron chi connectivity index (χ1n) is 5.20. The SMILES string of the molecule is CCC(C)C(C)N(CC(=O)O)CC(F)(F)F. The van der Waals surface area contributed by atoms with Crippen LogP contribution in [0.5, 0.6) is 0 Å². The van der Waals surface area contributed by atoms with Gasteiger partial charge in [-0.15, -0.1) is 0 Å². The summed E-state index contributed by atoms with van der Waals surface area (Å²) in [5.74, 6) is -1.21. The number of carboxylic acid groups (broad SMARTS) is 1. The van der Waals surface area contributed by atoms with Crippen LogP contribution in [0.3, 0.4) is 0 Å². The summed E-state index contributed by atoms with van der Waals surface area (Å²) in [7, 11) is 0. The van der Waals surface area contributed by atoms with Crippen molar-refractivity contribution in [2.45, 2.75) is 39.4 Å². The fraction of sp³-hybridized carbons (Fsp3) is 0.900. The Morgan fingerprint density at radius 1 is 1.38 bits per heavy atom. The molecule has 0 aromatic carbocycles. The molecule has 1 N–H and O–H groups in total. The van der Waals surface area contributed by atoms with Crippen LogP contribution in [0.1, 0.15) is 27.2 Å². The van der Waals surface area contributed by atoms with Crippen molar-refractivity contribution < 1.29 is 23.1 Å². The quantitative estimate of drug-likeness (QED) is 0.776. The first-order valence-corrected chi connectivity index (χ1v) is 5.20. The first kappa shape index (κ1) is 15.2. The lowest BCUT2D eigenvalue weighted by Crippen LogP contribution is -2.45. The van der Waals surface area contributed by atoms with E-state index in [-0.39, 0.29) is 5.92 Å². The maximum absolute atomic E-state index is 12.2. The van der Waals surface area contributed by atoms with E-state index in [0.29, 0.717) is 0 Å². The van der Waals surface area contributed by atoms with Gasteiger partial charge in [-0.25, -0.2) is 0 Å². The molecule has 0 heterocycles. The fourth-order valence-electron chi connectivity index (χ4n) is 1.45. The number of hydrogen-bond acceptors (Lipinski definition) is 2. The molecular formula is C10H18F3NO2. The zero-order valence-corrected chi connectivity index (χ0v) is 9.71. The summed E-state index contributed by atoms with van der Waals surface area (Å²) >= 11 is 0. The normalized spacial score (nSPS) is 16.2. The van der Waals surface area contributed by atoms with E-state index in [2.05, 4.69) is 0 Å². The van der Waals surface area contributed by atoms with Crippen LogP contribution in [-0.2, 0) is 4.79 Å². The zero-order chi connectivity index (χ0) is 12.9. The number of rotatable bonds is 6. The van der Waals surface area contributed by atoms with Crippen LogP contribution in [-0.4, -0.2) is 41.3 Å². The lowest BCUT2D eigenvalue weighted by Gasteiger charge is -2.32. The van der Waals surface area contributed by atoms with Crippen molar-refractivity contribution in [3.8, 4) is 0 Å². The van der Waals surface area contributed by atoms with Gasteiger partial charge in [-0.1, -0.05) is 20.3 Å². The molecule has 0 spiro atoms. The molecule has 96 valence electrons. The predicted octanol–water partition coefficient (Wildman–Crippen LogP) is 2.37. The second-order valence-corrected chi connectivity index (χ2v) is 4.04. The van der Waals surface area contributed by atoms with Gasteiger partial charge in [0, 0.05) is 6.04 Å². The summed E-state index contributed by atoms with van der Waals surface area (Å²) in [6.07, 6.45) is -3.65. The Labute approximate surface area is 93.2 Å². The Morgan fingerprint density at radius 3 is 2.19 bits per heavy atom. The van der Waals surface area contributed by atoms with Gasteiger partial charge in [-0.2, -0.15) is 13.2 Å². The third-order valence-corrected chi connectivity index (χ3v) is 2.76. The zero-order valence-electron chi connectivity index (χ0n) is 9.71. The summed E-state index contributed by atoms with van der Waals surface area (Å²) in [6.45, 7) is 3.56. The second kappa shape index (κ2) is 6.08. The fourth-order valence-corrected chi connectivity index (χ4v) is 1.45. The first-order chi connectivity index (χ1) is 7.17. The van der Waals surface area contributed by atoms with E-state index < -0.39 is 31.3 Å². The predicted molar refractivity (Wildman–Crippen MR) is 54.2 cm³/mol. The van der Waals surface area contributed by atoms with Crippen molar-refractivity contribution in [1.29, 1.82) is 0 Å². The molecule has 0 amide bonds. The summed E-state index contributed by atoms with van der Waals surface area (Å²) in [6, 6.07) is -0.400. The van der Waals surface area contributed by atoms with Crippen LogP contribution in [0, 0.1) is 5.92 Å². The van der Waals surface area contributed by atoms with Gasteiger partial charge in [0.05, 0.1) is 13.1 Å². The number of carbonyl (C=O) groups is 1. The van der Waals surface area contributed by atoms with Crippen molar-refractivity contribution in [3.63, 3.8) is 0 Å². The maximum atomic E-state index is 12.2. The number of nitrogens with zero attached hydrogens (tertiary/aromatic N) is 1. The van der Waals surface area contributed by atoms with Crippen LogP contribution in [0.4, 0.5) is 13.2 Å². The highest BCUT2D eigenvalue weighted by atomic mass is 19.4. The van der Waals surface area contributed by atoms with Gasteiger partial charge in [-0.3, -0.25) is 9.69 Å². The minimum atomic E-state index is -4.36. The average Bonchev–Trinajstić information content (AvgIpc) is 2.11. The van der Waals surface area contributed by atoms with Crippen LogP contribution >= 0.6 is 0 Å². The van der Waals surface area contributed by atoms with Gasteiger partial charge in [0.15, 0.2) is 0 Å². The summed E-state index contributed by atoms with van der Waals surface area (Å²) in [5, 5.41) is 8.58. The van der Waals surface area contributed by atoms with E-state index in [1.807, 2.05) is 13.8 Å². The van der Waals surface area contributed by atoms with Gasteiger partial charge < -0.3 is 5.11 Å². The number of halogens is 3. The Kier molecular flexibility index (Phi) is 5.78. The Hall–Kier alpha value is -0.780. The van der Waals surface area contributed by atoms with Crippen molar-refractivity contribution in [2.75, 3.05) is 13.1 Å². The van der Waals surface area contributed by atoms with Gasteiger partial charge in [0.2, 0.25) is 0 Å². The topological polar surface area (TPSA) is 40.5 Å². The molecule has 2 atom stereocenters. The van der Waals surface area contributed by atoms with Crippen LogP contribution in [0.2, 0.25) is 0 Å². The van der Waals surface area contributed by atoms with Gasteiger partial charge in [-0.05, 0) is 12.8 Å². The second-order valence-electron chi connectivity index (χ2n) is 4.04. The molecule has 0 aliphatic rings. The molecular weight excluding hydrogens is 223 g/mol. The Morgan fingerprint density at radius 2 is 1.88 bits per heavy atom. The molecule has 0 rings (SSSR count). The highest BCUT2D eigenvalue weighted by Crippen LogP contribution is 2.21. The standard InChI is InChI=1S/C10H18F3NO2/c1-4-7(2)8(3)14(5-9(15)16)6-10(11,12)13/h7-8H,4-6H2,1-3H3,(H,15,16). The van der Waals surface area contributed by atoms with E-state index in [9.17, 15) is 18.0 Å². The van der Waals surface area contributed by atoms with Gasteiger partial charge in [0.1, 0.15) is 0 Å². The molecule has 2 unspecified atom stereocenters. The summed E-state index contributed by atoms with van der Waals surface area (Å²) in [5.41, 5.74) is 0. The highest BCUT2D eigenvalue weighted by molar-refractivity contribution is 5.69. The largest absolute Gasteiger partial charge is 0.480 e. The molecule has 0 radical (unpaired) electrons. The van der Waals surface area contributed by atoms with Crippen LogP contribution < -0.4 is 0 Å². The Bertz CT molecular complexity index is 231. The highest BCUT2D eigenvalue weighted by Gasteiger charge is 2.34. The molecule has 0 fully saturated rings. The van der Waals surface area contributed by atoms with Crippen LogP contribution in [0.25, 0.3) is 0 Å². The smallest absolute Gasteiger partial charge is 0.401 e. The molecule has 0 bridgehead atoms. The van der Waals surface area contributed by atoms with E-state index >= 15 is 0 Å². The third kappa shape index (κ3) is 5.95. The molecule has 0 aliphatic carbocycles. The van der Waals surface area contributed by atoms with Gasteiger partial charge >= 0.3 is 12.1 Å². The average molecular weight is 241 g/mol. The minimum Gasteiger partial charge on any atom is -0.480 e. The molecule has 6 heteroatoms. The lowest BCUT2D eigenvalue weighted by atomic mass is 9.99. The molecule has 0 aromatic heterocycles. The summed E-state index contributed by atoms with van der Waals surface area (Å²) < 4.78 is 36.7. The van der Waals surface area contributed by atoms with E-state index in [1.54, 1.807) is 6.92 Å². The Balaban J connectivity index is 4.59. The van der Waals surface area contributed by atoms with Crippen LogP contribution in [0.15, 0.2) is 0 Å².